The van der Waals surface area contributed by atoms with E-state index in [4.69, 9.17) is 0 Å². The van der Waals surface area contributed by atoms with Crippen molar-refractivity contribution in [3.63, 3.8) is 0 Å². The molecule has 3 heteroatoms. The molecule has 1 aliphatic heterocycles. The average molecular weight is 215 g/mol. The summed E-state index contributed by atoms with van der Waals surface area (Å²) >= 11 is 2.00. The molecule has 0 aromatic rings. The van der Waals surface area contributed by atoms with Crippen LogP contribution >= 0.6 is 11.8 Å². The number of aliphatic hydroxyl groups excluding tert-OH is 1. The van der Waals surface area contributed by atoms with Crippen LogP contribution in [0.25, 0.3) is 0 Å². The fourth-order valence-corrected chi connectivity index (χ4v) is 3.44. The largest absolute Gasteiger partial charge is 0.394 e. The Morgan fingerprint density at radius 2 is 2.29 bits per heavy atom. The lowest BCUT2D eigenvalue weighted by Gasteiger charge is -2.42. The normalized spacial score (nSPS) is 38.6. The third-order valence-electron chi connectivity index (χ3n) is 3.64. The predicted octanol–water partition coefficient (Wildman–Crippen LogP) is 1.63. The van der Waals surface area contributed by atoms with Crippen molar-refractivity contribution in [2.75, 3.05) is 18.9 Å². The molecule has 1 heterocycles. The van der Waals surface area contributed by atoms with E-state index in [1.165, 1.54) is 25.0 Å². The van der Waals surface area contributed by atoms with Crippen LogP contribution in [-0.4, -0.2) is 34.8 Å². The third-order valence-corrected chi connectivity index (χ3v) is 5.11. The van der Waals surface area contributed by atoms with Crippen LogP contribution in [0.1, 0.15) is 32.6 Å². The van der Waals surface area contributed by atoms with Crippen LogP contribution in [0.15, 0.2) is 0 Å². The fourth-order valence-electron chi connectivity index (χ4n) is 2.18. The quantitative estimate of drug-likeness (QED) is 0.747. The van der Waals surface area contributed by atoms with Crippen LogP contribution in [0.4, 0.5) is 0 Å². The van der Waals surface area contributed by atoms with E-state index in [2.05, 4.69) is 12.2 Å². The van der Waals surface area contributed by atoms with Crippen LogP contribution < -0.4 is 5.32 Å². The van der Waals surface area contributed by atoms with Gasteiger partial charge in [-0.05, 0) is 43.9 Å². The van der Waals surface area contributed by atoms with Gasteiger partial charge in [-0.2, -0.15) is 11.8 Å². The van der Waals surface area contributed by atoms with E-state index < -0.39 is 0 Å². The number of thioether (sulfide) groups is 1. The van der Waals surface area contributed by atoms with Crippen molar-refractivity contribution in [2.24, 2.45) is 5.92 Å². The molecule has 14 heavy (non-hydrogen) atoms. The van der Waals surface area contributed by atoms with Crippen molar-refractivity contribution < 1.29 is 5.11 Å². The Hall–Kier alpha value is 0.270. The maximum absolute atomic E-state index is 9.57. The van der Waals surface area contributed by atoms with E-state index in [0.717, 1.165) is 18.9 Å². The molecule has 82 valence electrons. The first-order valence-electron chi connectivity index (χ1n) is 5.74. The summed E-state index contributed by atoms with van der Waals surface area (Å²) in [6.45, 7) is 3.67. The van der Waals surface area contributed by atoms with Gasteiger partial charge in [0.25, 0.3) is 0 Å². The first kappa shape index (κ1) is 10.8. The number of hydrogen-bond donors (Lipinski definition) is 2. The van der Waals surface area contributed by atoms with Crippen LogP contribution in [0.3, 0.4) is 0 Å². The molecule has 2 rings (SSSR count). The van der Waals surface area contributed by atoms with E-state index in [1.807, 2.05) is 11.8 Å². The molecule has 2 aliphatic rings. The Morgan fingerprint density at radius 3 is 2.86 bits per heavy atom. The number of hydrogen-bond acceptors (Lipinski definition) is 3. The van der Waals surface area contributed by atoms with Gasteiger partial charge in [-0.15, -0.1) is 0 Å². The van der Waals surface area contributed by atoms with Gasteiger partial charge in [0.15, 0.2) is 0 Å². The van der Waals surface area contributed by atoms with Gasteiger partial charge in [0.05, 0.1) is 12.1 Å². The molecular formula is C11H21NOS. The molecule has 0 bridgehead atoms. The summed E-state index contributed by atoms with van der Waals surface area (Å²) in [6, 6.07) is 0. The Bertz CT molecular complexity index is 196. The molecular weight excluding hydrogens is 194 g/mol. The highest BCUT2D eigenvalue weighted by molar-refractivity contribution is 8.00. The molecule has 1 aliphatic carbocycles. The van der Waals surface area contributed by atoms with Gasteiger partial charge in [-0.3, -0.25) is 0 Å². The molecule has 0 radical (unpaired) electrons. The van der Waals surface area contributed by atoms with Crippen LogP contribution in [0.2, 0.25) is 0 Å². The first-order chi connectivity index (χ1) is 6.77. The van der Waals surface area contributed by atoms with E-state index in [1.54, 1.807) is 0 Å². The zero-order valence-electron chi connectivity index (χ0n) is 8.96. The summed E-state index contributed by atoms with van der Waals surface area (Å²) in [7, 11) is 0. The lowest BCUT2D eigenvalue weighted by Crippen LogP contribution is -2.57. The van der Waals surface area contributed by atoms with Crippen molar-refractivity contribution in [1.82, 2.24) is 5.32 Å². The first-order valence-corrected chi connectivity index (χ1v) is 6.79. The molecule has 2 atom stereocenters. The predicted molar refractivity (Wildman–Crippen MR) is 61.7 cm³/mol. The Morgan fingerprint density at radius 1 is 1.50 bits per heavy atom. The summed E-state index contributed by atoms with van der Waals surface area (Å²) in [5.41, 5.74) is 0.0194. The lowest BCUT2D eigenvalue weighted by atomic mass is 9.90. The molecule has 0 aromatic heterocycles. The highest BCUT2D eigenvalue weighted by Gasteiger charge is 2.38. The second-order valence-corrected chi connectivity index (χ2v) is 6.20. The molecule has 1 saturated heterocycles. The second-order valence-electron chi connectivity index (χ2n) is 4.76. The summed E-state index contributed by atoms with van der Waals surface area (Å²) in [5, 5.41) is 13.8. The van der Waals surface area contributed by atoms with Crippen molar-refractivity contribution in [1.29, 1.82) is 0 Å². The van der Waals surface area contributed by atoms with E-state index in [0.29, 0.717) is 11.9 Å². The molecule has 0 aromatic carbocycles. The maximum Gasteiger partial charge on any atom is 0.0624 e. The van der Waals surface area contributed by atoms with Crippen LogP contribution in [0, 0.1) is 5.92 Å². The van der Waals surface area contributed by atoms with E-state index in [-0.39, 0.29) is 5.54 Å². The third kappa shape index (κ3) is 2.26. The number of aliphatic hydroxyl groups is 1. The van der Waals surface area contributed by atoms with Gasteiger partial charge >= 0.3 is 0 Å². The zero-order valence-corrected chi connectivity index (χ0v) is 9.78. The monoisotopic (exact) mass is 215 g/mol. The molecule has 1 saturated carbocycles. The van der Waals surface area contributed by atoms with Gasteiger partial charge in [0.1, 0.15) is 0 Å². The van der Waals surface area contributed by atoms with Crippen molar-refractivity contribution in [3.05, 3.63) is 0 Å². The van der Waals surface area contributed by atoms with Crippen molar-refractivity contribution >= 4 is 11.8 Å². The van der Waals surface area contributed by atoms with Crippen molar-refractivity contribution in [3.8, 4) is 0 Å². The van der Waals surface area contributed by atoms with E-state index >= 15 is 0 Å². The second kappa shape index (κ2) is 4.42. The van der Waals surface area contributed by atoms with E-state index in [9.17, 15) is 5.11 Å². The SMILES string of the molecule is CC1SCCCC1(CO)NCC1CC1. The van der Waals surface area contributed by atoms with Crippen molar-refractivity contribution in [2.45, 2.75) is 43.4 Å². The zero-order chi connectivity index (χ0) is 10.0. The molecule has 2 fully saturated rings. The standard InChI is InChI=1S/C11H21NOS/c1-9-11(8-13,5-2-6-14-9)12-7-10-3-4-10/h9-10,12-13H,2-8H2,1H3. The lowest BCUT2D eigenvalue weighted by molar-refractivity contribution is 0.146. The number of rotatable bonds is 4. The minimum Gasteiger partial charge on any atom is -0.394 e. The number of nitrogens with one attached hydrogen (secondary N) is 1. The van der Waals surface area contributed by atoms with Gasteiger partial charge in [0, 0.05) is 5.25 Å². The molecule has 2 nitrogen and oxygen atoms in total. The minimum absolute atomic E-state index is 0.0194. The molecule has 0 amide bonds. The van der Waals surface area contributed by atoms with Crippen LogP contribution in [0.5, 0.6) is 0 Å². The Balaban J connectivity index is 1.90. The summed E-state index contributed by atoms with van der Waals surface area (Å²) in [5.74, 6) is 2.16. The summed E-state index contributed by atoms with van der Waals surface area (Å²) < 4.78 is 0. The maximum atomic E-state index is 9.57. The van der Waals surface area contributed by atoms with Gasteiger partial charge in [0.2, 0.25) is 0 Å². The topological polar surface area (TPSA) is 32.3 Å². The van der Waals surface area contributed by atoms with Gasteiger partial charge < -0.3 is 10.4 Å². The molecule has 0 spiro atoms. The summed E-state index contributed by atoms with van der Waals surface area (Å²) in [4.78, 5) is 0. The molecule has 2 N–H and O–H groups in total. The minimum atomic E-state index is 0.0194. The highest BCUT2D eigenvalue weighted by atomic mass is 32.2. The smallest absolute Gasteiger partial charge is 0.0624 e. The van der Waals surface area contributed by atoms with Gasteiger partial charge in [-0.1, -0.05) is 6.92 Å². The average Bonchev–Trinajstić information content (AvgIpc) is 3.01. The van der Waals surface area contributed by atoms with Crippen LogP contribution in [-0.2, 0) is 0 Å². The Labute approximate surface area is 90.8 Å². The fraction of sp³-hybridized carbons (Fsp3) is 1.00. The molecule has 2 unspecified atom stereocenters. The van der Waals surface area contributed by atoms with Gasteiger partial charge in [-0.25, -0.2) is 0 Å². The summed E-state index contributed by atoms with van der Waals surface area (Å²) in [6.07, 6.45) is 5.16. The highest BCUT2D eigenvalue weighted by Crippen LogP contribution is 2.35. The Kier molecular flexibility index (Phi) is 3.40.